The molecule has 1 amide bonds. The molecule has 0 aliphatic heterocycles. The molecule has 1 atom stereocenters. The van der Waals surface area contributed by atoms with Gasteiger partial charge in [0.2, 0.25) is 0 Å². The Labute approximate surface area is 207 Å². The zero-order valence-electron chi connectivity index (χ0n) is 19.3. The second-order valence-electron chi connectivity index (χ2n) is 8.15. The molecule has 0 aliphatic carbocycles. The average Bonchev–Trinajstić information content (AvgIpc) is 2.91. The Bertz CT molecular complexity index is 1400. The first-order valence-electron chi connectivity index (χ1n) is 11.2. The van der Waals surface area contributed by atoms with Gasteiger partial charge in [-0.2, -0.15) is 5.26 Å². The molecule has 0 unspecified atom stereocenters. The highest BCUT2D eigenvalue weighted by Crippen LogP contribution is 2.24. The Balaban J connectivity index is 1.46. The molecule has 0 bridgehead atoms. The lowest BCUT2D eigenvalue weighted by Crippen LogP contribution is -2.35. The van der Waals surface area contributed by atoms with Crippen LogP contribution in [0.5, 0.6) is 0 Å². The highest BCUT2D eigenvalue weighted by Gasteiger charge is 2.17. The van der Waals surface area contributed by atoms with Crippen molar-refractivity contribution in [2.45, 2.75) is 12.6 Å². The lowest BCUT2D eigenvalue weighted by atomic mass is 10.0. The normalized spacial score (nSPS) is 11.4. The fourth-order valence-electron chi connectivity index (χ4n) is 3.66. The van der Waals surface area contributed by atoms with Crippen molar-refractivity contribution in [3.8, 4) is 17.2 Å². The van der Waals surface area contributed by atoms with Gasteiger partial charge in [-0.05, 0) is 47.0 Å². The summed E-state index contributed by atoms with van der Waals surface area (Å²) in [4.78, 5) is 20.8. The molecule has 0 spiro atoms. The molecular weight excluding hydrogens is 457 g/mol. The van der Waals surface area contributed by atoms with E-state index in [0.29, 0.717) is 35.7 Å². The smallest absolute Gasteiger partial charge is 0.253 e. The highest BCUT2D eigenvalue weighted by atomic mass is 19.1. The maximum atomic E-state index is 13.9. The summed E-state index contributed by atoms with van der Waals surface area (Å²) in [6.07, 6.45) is 4.72. The number of carbonyl (C=O) groups is 1. The van der Waals surface area contributed by atoms with E-state index in [0.717, 1.165) is 16.7 Å². The van der Waals surface area contributed by atoms with E-state index in [9.17, 15) is 14.4 Å². The van der Waals surface area contributed by atoms with Crippen LogP contribution in [-0.4, -0.2) is 22.4 Å². The third kappa shape index (κ3) is 5.81. The number of rotatable bonds is 8. The van der Waals surface area contributed by atoms with E-state index in [1.54, 1.807) is 36.7 Å². The minimum atomic E-state index is -0.607. The number of nitrogens with two attached hydrogens (primary N) is 2. The van der Waals surface area contributed by atoms with Gasteiger partial charge in [0.15, 0.2) is 0 Å². The molecule has 0 saturated carbocycles. The third-order valence-corrected chi connectivity index (χ3v) is 5.66. The van der Waals surface area contributed by atoms with Crippen LogP contribution in [0.4, 0.5) is 15.9 Å². The fraction of sp³-hybridized carbons (Fsp3) is 0.111. The van der Waals surface area contributed by atoms with E-state index in [-0.39, 0.29) is 11.5 Å². The van der Waals surface area contributed by atoms with Gasteiger partial charge in [0.25, 0.3) is 5.91 Å². The van der Waals surface area contributed by atoms with Crippen molar-refractivity contribution in [1.82, 2.24) is 20.6 Å². The maximum Gasteiger partial charge on any atom is 0.253 e. The number of carbonyl (C=O) groups excluding carboxylic acids is 1. The van der Waals surface area contributed by atoms with Crippen LogP contribution in [0.2, 0.25) is 0 Å². The first-order chi connectivity index (χ1) is 17.4. The van der Waals surface area contributed by atoms with E-state index in [4.69, 9.17) is 11.5 Å². The number of pyridine rings is 2. The molecule has 8 nitrogen and oxygen atoms in total. The Morgan fingerprint density at radius 1 is 1.06 bits per heavy atom. The molecule has 0 radical (unpaired) electrons. The predicted molar refractivity (Wildman–Crippen MR) is 136 cm³/mol. The topological polar surface area (TPSA) is 143 Å². The first kappa shape index (κ1) is 24.3. The monoisotopic (exact) mass is 481 g/mol. The molecule has 2 aromatic carbocycles. The fourth-order valence-corrected chi connectivity index (χ4v) is 3.66. The Hall–Kier alpha value is -4.81. The van der Waals surface area contributed by atoms with Gasteiger partial charge in [-0.3, -0.25) is 9.78 Å². The van der Waals surface area contributed by atoms with Gasteiger partial charge in [-0.25, -0.2) is 9.37 Å². The summed E-state index contributed by atoms with van der Waals surface area (Å²) in [5.74, 6) is -0.629. The Kier molecular flexibility index (Phi) is 7.48. The van der Waals surface area contributed by atoms with Crippen LogP contribution < -0.4 is 22.1 Å². The van der Waals surface area contributed by atoms with Crippen LogP contribution in [0, 0.1) is 17.1 Å². The second kappa shape index (κ2) is 11.1. The Morgan fingerprint density at radius 2 is 1.86 bits per heavy atom. The SMILES string of the molecule is N#Cc1cc([C@@H](CNCc2ccc(-c3cnc(N)c(N)c3)cc2)NC(=O)c2cccnc2)ccc1F. The van der Waals surface area contributed by atoms with Gasteiger partial charge in [-0.15, -0.1) is 0 Å². The molecule has 2 aromatic heterocycles. The van der Waals surface area contributed by atoms with Crippen molar-refractivity contribution in [3.05, 3.63) is 107 Å². The number of halogens is 1. The van der Waals surface area contributed by atoms with Crippen molar-refractivity contribution < 1.29 is 9.18 Å². The second-order valence-corrected chi connectivity index (χ2v) is 8.15. The van der Waals surface area contributed by atoms with E-state index >= 15 is 0 Å². The number of aromatic nitrogens is 2. The average molecular weight is 482 g/mol. The van der Waals surface area contributed by atoms with Gasteiger partial charge >= 0.3 is 0 Å². The molecule has 0 aliphatic rings. The van der Waals surface area contributed by atoms with Crippen molar-refractivity contribution in [3.63, 3.8) is 0 Å². The standard InChI is InChI=1S/C27H24FN7O/c28-23-8-7-19(10-21(23)12-29)25(35-27(36)20-2-1-9-32-14-20)16-33-13-17-3-5-18(6-4-17)22-11-24(30)26(31)34-15-22/h1-11,14-15,25,33H,13,16,30H2,(H2,31,34)(H,35,36)/t25-/m1/s1. The number of nitriles is 1. The zero-order chi connectivity index (χ0) is 25.5. The molecule has 36 heavy (non-hydrogen) atoms. The van der Waals surface area contributed by atoms with Crippen LogP contribution in [0.15, 0.2) is 79.3 Å². The van der Waals surface area contributed by atoms with Crippen LogP contribution in [0.1, 0.15) is 33.1 Å². The van der Waals surface area contributed by atoms with Gasteiger partial charge < -0.3 is 22.1 Å². The molecule has 0 fully saturated rings. The van der Waals surface area contributed by atoms with Gasteiger partial charge in [0.1, 0.15) is 17.7 Å². The largest absolute Gasteiger partial charge is 0.396 e. The molecule has 4 rings (SSSR count). The van der Waals surface area contributed by atoms with E-state index in [1.165, 1.54) is 18.3 Å². The third-order valence-electron chi connectivity index (χ3n) is 5.66. The molecule has 0 saturated heterocycles. The highest BCUT2D eigenvalue weighted by molar-refractivity contribution is 5.94. The predicted octanol–water partition coefficient (Wildman–Crippen LogP) is 3.58. The molecule has 4 aromatic rings. The number of hydrogen-bond donors (Lipinski definition) is 4. The Morgan fingerprint density at radius 3 is 2.56 bits per heavy atom. The molecule has 2 heterocycles. The summed E-state index contributed by atoms with van der Waals surface area (Å²) >= 11 is 0. The number of nitrogen functional groups attached to an aromatic ring is 2. The van der Waals surface area contributed by atoms with Gasteiger partial charge in [0.05, 0.1) is 22.9 Å². The number of nitrogens with zero attached hydrogens (tertiary/aromatic N) is 3. The van der Waals surface area contributed by atoms with Crippen LogP contribution in [0.25, 0.3) is 11.1 Å². The molecule has 6 N–H and O–H groups in total. The summed E-state index contributed by atoms with van der Waals surface area (Å²) < 4.78 is 13.9. The number of anilines is 2. The van der Waals surface area contributed by atoms with Crippen molar-refractivity contribution in [1.29, 1.82) is 5.26 Å². The lowest BCUT2D eigenvalue weighted by molar-refractivity contribution is 0.0935. The summed E-state index contributed by atoms with van der Waals surface area (Å²) in [7, 11) is 0. The number of nitrogens with one attached hydrogen (secondary N) is 2. The lowest BCUT2D eigenvalue weighted by Gasteiger charge is -2.20. The van der Waals surface area contributed by atoms with Crippen molar-refractivity contribution in [2.24, 2.45) is 0 Å². The maximum absolute atomic E-state index is 13.9. The molecule has 9 heteroatoms. The van der Waals surface area contributed by atoms with Crippen LogP contribution in [0.3, 0.4) is 0 Å². The van der Waals surface area contributed by atoms with E-state index in [2.05, 4.69) is 20.6 Å². The summed E-state index contributed by atoms with van der Waals surface area (Å²) in [6, 6.07) is 18.6. The van der Waals surface area contributed by atoms with E-state index in [1.807, 2.05) is 30.3 Å². The minimum Gasteiger partial charge on any atom is -0.396 e. The summed E-state index contributed by atoms with van der Waals surface area (Å²) in [5, 5.41) is 15.5. The molecular formula is C27H24FN7O. The number of benzene rings is 2. The summed E-state index contributed by atoms with van der Waals surface area (Å²) in [5.41, 5.74) is 15.7. The zero-order valence-corrected chi connectivity index (χ0v) is 19.3. The molecule has 180 valence electrons. The number of amides is 1. The first-order valence-corrected chi connectivity index (χ1v) is 11.2. The van der Waals surface area contributed by atoms with Crippen LogP contribution in [-0.2, 0) is 6.54 Å². The quantitative estimate of drug-likeness (QED) is 0.301. The van der Waals surface area contributed by atoms with Crippen molar-refractivity contribution >= 4 is 17.4 Å². The van der Waals surface area contributed by atoms with Gasteiger partial charge in [-0.1, -0.05) is 30.3 Å². The number of hydrogen-bond acceptors (Lipinski definition) is 7. The van der Waals surface area contributed by atoms with E-state index < -0.39 is 11.9 Å². The van der Waals surface area contributed by atoms with Crippen molar-refractivity contribution in [2.75, 3.05) is 18.0 Å². The van der Waals surface area contributed by atoms with Crippen LogP contribution >= 0.6 is 0 Å². The minimum absolute atomic E-state index is 0.0819. The van der Waals surface area contributed by atoms with Gasteiger partial charge in [0, 0.05) is 37.2 Å². The summed E-state index contributed by atoms with van der Waals surface area (Å²) in [6.45, 7) is 0.872.